The highest BCUT2D eigenvalue weighted by atomic mass is 35.5. The Kier molecular flexibility index (Phi) is 4.13. The summed E-state index contributed by atoms with van der Waals surface area (Å²) in [4.78, 5) is 8.14. The van der Waals surface area contributed by atoms with Crippen molar-refractivity contribution in [2.24, 2.45) is 0 Å². The molecule has 2 aromatic carbocycles. The number of aromatic nitrogens is 2. The van der Waals surface area contributed by atoms with Crippen LogP contribution in [0, 0.1) is 11.6 Å². The van der Waals surface area contributed by atoms with E-state index >= 15 is 0 Å². The number of nitrogens with zero attached hydrogens (tertiary/aromatic N) is 2. The summed E-state index contributed by atoms with van der Waals surface area (Å²) in [6, 6.07) is 9.24. The first-order chi connectivity index (χ1) is 10.5. The minimum atomic E-state index is -0.858. The molecule has 3 rings (SSSR count). The number of rotatable bonds is 3. The van der Waals surface area contributed by atoms with Crippen molar-refractivity contribution in [2.45, 2.75) is 10.9 Å². The van der Waals surface area contributed by atoms with Gasteiger partial charge in [0.05, 0.1) is 0 Å². The molecule has 0 amide bonds. The number of hydrogen-bond donors (Lipinski definition) is 1. The van der Waals surface area contributed by atoms with Crippen molar-refractivity contribution in [3.8, 4) is 0 Å². The van der Waals surface area contributed by atoms with E-state index < -0.39 is 11.6 Å². The minimum Gasteiger partial charge on any atom is -0.384 e. The molecule has 22 heavy (non-hydrogen) atoms. The first kappa shape index (κ1) is 15.0. The molecule has 3 aromatic rings. The fourth-order valence-electron chi connectivity index (χ4n) is 2.01. The molecule has 0 radical (unpaired) electrons. The van der Waals surface area contributed by atoms with Gasteiger partial charge < -0.3 is 5.73 Å². The topological polar surface area (TPSA) is 51.8 Å². The third-order valence-corrected chi connectivity index (χ3v) is 4.12. The third-order valence-electron chi connectivity index (χ3n) is 3.01. The number of thioether (sulfide) groups is 1. The number of nitrogens with two attached hydrogens (primary N) is 1. The normalized spacial score (nSPS) is 11.0. The van der Waals surface area contributed by atoms with Crippen LogP contribution in [0.2, 0.25) is 5.15 Å². The number of nitrogen functional groups attached to an aromatic ring is 1. The van der Waals surface area contributed by atoms with Gasteiger partial charge in [0.25, 0.3) is 0 Å². The molecule has 0 aliphatic heterocycles. The highest BCUT2D eigenvalue weighted by Gasteiger charge is 2.06. The van der Waals surface area contributed by atoms with Crippen LogP contribution in [-0.4, -0.2) is 9.97 Å². The van der Waals surface area contributed by atoms with Crippen LogP contribution in [0.4, 0.5) is 14.6 Å². The van der Waals surface area contributed by atoms with E-state index in [4.69, 9.17) is 17.3 Å². The van der Waals surface area contributed by atoms with Gasteiger partial charge in [0.2, 0.25) is 0 Å². The van der Waals surface area contributed by atoms with E-state index in [1.165, 1.54) is 30.0 Å². The van der Waals surface area contributed by atoms with Crippen LogP contribution in [0.3, 0.4) is 0 Å². The fourth-order valence-corrected chi connectivity index (χ4v) is 3.06. The van der Waals surface area contributed by atoms with Gasteiger partial charge in [0, 0.05) is 11.8 Å². The number of anilines is 1. The van der Waals surface area contributed by atoms with Gasteiger partial charge in [0.15, 0.2) is 16.8 Å². The summed E-state index contributed by atoms with van der Waals surface area (Å²) in [5.41, 5.74) is 6.54. The van der Waals surface area contributed by atoms with E-state index in [9.17, 15) is 8.78 Å². The molecule has 2 N–H and O–H groups in total. The molecule has 3 nitrogen and oxygen atoms in total. The Morgan fingerprint density at radius 1 is 1.00 bits per heavy atom. The maximum absolute atomic E-state index is 13.3. The second-order valence-corrected chi connectivity index (χ2v) is 5.96. The number of fused-ring (bicyclic) bond motifs is 1. The summed E-state index contributed by atoms with van der Waals surface area (Å²) < 4.78 is 26.5. The predicted molar refractivity (Wildman–Crippen MR) is 84.9 cm³/mol. The van der Waals surface area contributed by atoms with Crippen LogP contribution in [0.5, 0.6) is 0 Å². The van der Waals surface area contributed by atoms with Crippen molar-refractivity contribution in [3.63, 3.8) is 0 Å². The smallest absolute Gasteiger partial charge is 0.191 e. The first-order valence-electron chi connectivity index (χ1n) is 6.32. The first-order valence-corrected chi connectivity index (χ1v) is 7.68. The highest BCUT2D eigenvalue weighted by Crippen LogP contribution is 2.25. The van der Waals surface area contributed by atoms with Crippen LogP contribution < -0.4 is 5.73 Å². The molecule has 0 fully saturated rings. The minimum absolute atomic E-state index is 0.283. The Labute approximate surface area is 134 Å². The lowest BCUT2D eigenvalue weighted by atomic mass is 10.1. The van der Waals surface area contributed by atoms with E-state index in [-0.39, 0.29) is 5.15 Å². The highest BCUT2D eigenvalue weighted by molar-refractivity contribution is 7.98. The molecule has 1 heterocycles. The molecule has 0 spiro atoms. The Hall–Kier alpha value is -1.92. The van der Waals surface area contributed by atoms with Crippen LogP contribution in [0.15, 0.2) is 41.6 Å². The van der Waals surface area contributed by atoms with Crippen molar-refractivity contribution >= 4 is 40.0 Å². The molecule has 7 heteroatoms. The number of halogens is 3. The van der Waals surface area contributed by atoms with Crippen molar-refractivity contribution < 1.29 is 8.78 Å². The molecular formula is C15H10ClF2N3S. The van der Waals surface area contributed by atoms with E-state index in [0.29, 0.717) is 27.5 Å². The average molecular weight is 338 g/mol. The molecule has 1 aromatic heterocycles. The van der Waals surface area contributed by atoms with Crippen LogP contribution in [-0.2, 0) is 5.75 Å². The molecule has 0 saturated carbocycles. The summed E-state index contributed by atoms with van der Waals surface area (Å²) in [5, 5.41) is 2.04. The van der Waals surface area contributed by atoms with Gasteiger partial charge in [-0.1, -0.05) is 41.6 Å². The molecule has 0 saturated heterocycles. The Bertz CT molecular complexity index is 837. The maximum Gasteiger partial charge on any atom is 0.191 e. The SMILES string of the molecule is Nc1cc(Cl)nc(SCc2ccc3cc(F)c(F)cc3c2)n1. The van der Waals surface area contributed by atoms with Crippen molar-refractivity contribution in [1.82, 2.24) is 9.97 Å². The van der Waals surface area contributed by atoms with E-state index in [0.717, 1.165) is 5.56 Å². The van der Waals surface area contributed by atoms with Gasteiger partial charge in [0.1, 0.15) is 11.0 Å². The summed E-state index contributed by atoms with van der Waals surface area (Å²) in [6.07, 6.45) is 0. The summed E-state index contributed by atoms with van der Waals surface area (Å²) in [6.45, 7) is 0. The Morgan fingerprint density at radius 3 is 2.45 bits per heavy atom. The van der Waals surface area contributed by atoms with Crippen LogP contribution in [0.25, 0.3) is 10.8 Å². The lowest BCUT2D eigenvalue weighted by Crippen LogP contribution is -1.95. The average Bonchev–Trinajstić information content (AvgIpc) is 2.45. The zero-order chi connectivity index (χ0) is 15.7. The summed E-state index contributed by atoms with van der Waals surface area (Å²) in [5.74, 6) is -0.839. The van der Waals surface area contributed by atoms with Crippen LogP contribution in [0.1, 0.15) is 5.56 Å². The molecule has 0 aliphatic rings. The van der Waals surface area contributed by atoms with Gasteiger partial charge >= 0.3 is 0 Å². The van der Waals surface area contributed by atoms with Gasteiger partial charge in [-0.3, -0.25) is 0 Å². The molecule has 112 valence electrons. The zero-order valence-corrected chi connectivity index (χ0v) is 12.8. The van der Waals surface area contributed by atoms with Crippen molar-refractivity contribution in [3.05, 3.63) is 58.7 Å². The molecule has 0 atom stereocenters. The predicted octanol–water partition coefficient (Wildman–Crippen LogP) is 4.44. The Balaban J connectivity index is 1.83. The summed E-state index contributed by atoms with van der Waals surface area (Å²) in [7, 11) is 0. The maximum atomic E-state index is 13.3. The molecule has 0 bridgehead atoms. The van der Waals surface area contributed by atoms with Gasteiger partial charge in [-0.15, -0.1) is 0 Å². The zero-order valence-electron chi connectivity index (χ0n) is 11.2. The van der Waals surface area contributed by atoms with E-state index in [1.54, 1.807) is 12.1 Å². The molecule has 0 aliphatic carbocycles. The third kappa shape index (κ3) is 3.28. The lowest BCUT2D eigenvalue weighted by Gasteiger charge is -2.05. The van der Waals surface area contributed by atoms with Gasteiger partial charge in [-0.05, 0) is 28.5 Å². The second kappa shape index (κ2) is 6.06. The molecule has 0 unspecified atom stereocenters. The largest absolute Gasteiger partial charge is 0.384 e. The summed E-state index contributed by atoms with van der Waals surface area (Å²) >= 11 is 7.18. The van der Waals surface area contributed by atoms with E-state index in [1.807, 2.05) is 6.07 Å². The number of benzene rings is 2. The van der Waals surface area contributed by atoms with Gasteiger partial charge in [-0.2, -0.15) is 0 Å². The standard InChI is InChI=1S/C15H10ClF2N3S/c16-13-6-14(19)21-15(20-13)22-7-8-1-2-9-4-11(17)12(18)5-10(9)3-8/h1-6H,7H2,(H2,19,20,21). The van der Waals surface area contributed by atoms with E-state index in [2.05, 4.69) is 9.97 Å². The Morgan fingerprint density at radius 2 is 1.73 bits per heavy atom. The lowest BCUT2D eigenvalue weighted by molar-refractivity contribution is 0.511. The van der Waals surface area contributed by atoms with Crippen molar-refractivity contribution in [1.29, 1.82) is 0 Å². The van der Waals surface area contributed by atoms with Crippen molar-refractivity contribution in [2.75, 3.05) is 5.73 Å². The fraction of sp³-hybridized carbons (Fsp3) is 0.0667. The van der Waals surface area contributed by atoms with Crippen LogP contribution >= 0.6 is 23.4 Å². The molecular weight excluding hydrogens is 328 g/mol. The van der Waals surface area contributed by atoms with Gasteiger partial charge in [-0.25, -0.2) is 18.7 Å². The monoisotopic (exact) mass is 337 g/mol. The second-order valence-electron chi connectivity index (χ2n) is 4.63. The number of hydrogen-bond acceptors (Lipinski definition) is 4. The quantitative estimate of drug-likeness (QED) is 0.436.